The van der Waals surface area contributed by atoms with Crippen LogP contribution in [0.5, 0.6) is 0 Å². The molecule has 7 rings (SSSR count). The van der Waals surface area contributed by atoms with Crippen molar-refractivity contribution in [2.24, 2.45) is 17.8 Å². The van der Waals surface area contributed by atoms with Crippen LogP contribution >= 0.6 is 11.6 Å². The molecule has 0 unspecified atom stereocenters. The number of rotatable bonds is 4. The molecular formula is C31H31ClN2. The van der Waals surface area contributed by atoms with Crippen LogP contribution in [0.4, 0.5) is 0 Å². The lowest BCUT2D eigenvalue weighted by atomic mass is 9.48. The van der Waals surface area contributed by atoms with E-state index in [0.29, 0.717) is 16.0 Å². The molecule has 2 nitrogen and oxygen atoms in total. The fourth-order valence-corrected chi connectivity index (χ4v) is 8.00. The van der Waals surface area contributed by atoms with Crippen LogP contribution in [-0.2, 0) is 5.41 Å². The number of allylic oxidation sites excluding steroid dienone is 1. The van der Waals surface area contributed by atoms with E-state index in [1.807, 2.05) is 30.3 Å². The van der Waals surface area contributed by atoms with E-state index in [2.05, 4.69) is 54.8 Å². The van der Waals surface area contributed by atoms with Gasteiger partial charge in [-0.3, -0.25) is 0 Å². The smallest absolute Gasteiger partial charge is 0.0998 e. The Kier molecular flexibility index (Phi) is 5.23. The van der Waals surface area contributed by atoms with Gasteiger partial charge in [-0.1, -0.05) is 41.9 Å². The third kappa shape index (κ3) is 3.53. The number of hydrogen-bond acceptors (Lipinski definition) is 1. The van der Waals surface area contributed by atoms with Crippen molar-refractivity contribution in [3.05, 3.63) is 87.7 Å². The zero-order valence-electron chi connectivity index (χ0n) is 20.0. The molecule has 4 fully saturated rings. The fourth-order valence-electron chi connectivity index (χ4n) is 7.76. The van der Waals surface area contributed by atoms with Gasteiger partial charge in [0.05, 0.1) is 11.6 Å². The summed E-state index contributed by atoms with van der Waals surface area (Å²) in [5, 5.41) is 10.4. The summed E-state index contributed by atoms with van der Waals surface area (Å²) in [5.41, 5.74) is 7.91. The standard InChI is InChI=1S/C31H31ClN2/c1-20-11-25(15-26(19-33)29-5-3-4-6-30(29)32)21(2)34(20)28-9-7-27(8-10-28)31-16-22-12-23(17-31)14-24(13-22)18-31/h3-11,15,22-24H,12-14,16-18H2,1-2H3. The van der Waals surface area contributed by atoms with Crippen molar-refractivity contribution in [2.75, 3.05) is 0 Å². The van der Waals surface area contributed by atoms with Crippen LogP contribution < -0.4 is 0 Å². The third-order valence-electron chi connectivity index (χ3n) is 8.83. The van der Waals surface area contributed by atoms with Crippen molar-refractivity contribution in [2.45, 2.75) is 57.8 Å². The molecule has 1 heterocycles. The molecule has 4 aliphatic carbocycles. The number of halogens is 1. The highest BCUT2D eigenvalue weighted by Crippen LogP contribution is 2.60. The average Bonchev–Trinajstić information content (AvgIpc) is 3.10. The van der Waals surface area contributed by atoms with E-state index in [1.165, 1.54) is 49.9 Å². The van der Waals surface area contributed by atoms with Crippen molar-refractivity contribution >= 4 is 23.3 Å². The van der Waals surface area contributed by atoms with Crippen molar-refractivity contribution in [3.8, 4) is 11.8 Å². The van der Waals surface area contributed by atoms with Crippen LogP contribution in [0.3, 0.4) is 0 Å². The van der Waals surface area contributed by atoms with Gasteiger partial charge < -0.3 is 4.57 Å². The van der Waals surface area contributed by atoms with Gasteiger partial charge in [-0.05, 0) is 117 Å². The van der Waals surface area contributed by atoms with Crippen molar-refractivity contribution in [3.63, 3.8) is 0 Å². The topological polar surface area (TPSA) is 28.7 Å². The van der Waals surface area contributed by atoms with Crippen LogP contribution in [0, 0.1) is 42.9 Å². The molecule has 4 saturated carbocycles. The highest BCUT2D eigenvalue weighted by atomic mass is 35.5. The zero-order chi connectivity index (χ0) is 23.4. The summed E-state index contributed by atoms with van der Waals surface area (Å²) in [6.45, 7) is 4.27. The lowest BCUT2D eigenvalue weighted by Crippen LogP contribution is -2.48. The maximum atomic E-state index is 9.81. The molecule has 172 valence electrons. The Balaban J connectivity index is 1.33. The van der Waals surface area contributed by atoms with Crippen LogP contribution in [0.15, 0.2) is 54.6 Å². The lowest BCUT2D eigenvalue weighted by molar-refractivity contribution is -0.00518. The second-order valence-corrected chi connectivity index (χ2v) is 11.5. The van der Waals surface area contributed by atoms with Gasteiger partial charge in [-0.15, -0.1) is 0 Å². The minimum atomic E-state index is 0.429. The molecule has 1 aromatic heterocycles. The van der Waals surface area contributed by atoms with Gasteiger partial charge in [-0.2, -0.15) is 5.26 Å². The van der Waals surface area contributed by atoms with E-state index in [1.54, 1.807) is 5.56 Å². The molecule has 2 aromatic carbocycles. The van der Waals surface area contributed by atoms with Crippen LogP contribution in [-0.4, -0.2) is 4.57 Å². The van der Waals surface area contributed by atoms with Gasteiger partial charge in [-0.25, -0.2) is 0 Å². The van der Waals surface area contributed by atoms with Crippen molar-refractivity contribution in [1.82, 2.24) is 4.57 Å². The highest BCUT2D eigenvalue weighted by molar-refractivity contribution is 6.32. The molecule has 3 heteroatoms. The van der Waals surface area contributed by atoms with E-state index in [0.717, 1.165) is 34.6 Å². The second-order valence-electron chi connectivity index (χ2n) is 11.1. The van der Waals surface area contributed by atoms with E-state index < -0.39 is 0 Å². The maximum Gasteiger partial charge on any atom is 0.0998 e. The molecule has 34 heavy (non-hydrogen) atoms. The Bertz CT molecular complexity index is 1280. The molecular weight excluding hydrogens is 436 g/mol. The number of hydrogen-bond donors (Lipinski definition) is 0. The summed E-state index contributed by atoms with van der Waals surface area (Å²) in [4.78, 5) is 0. The molecule has 0 spiro atoms. The van der Waals surface area contributed by atoms with Gasteiger partial charge in [0.2, 0.25) is 0 Å². The van der Waals surface area contributed by atoms with Crippen LogP contribution in [0.25, 0.3) is 17.3 Å². The number of nitriles is 1. The largest absolute Gasteiger partial charge is 0.318 e. The minimum absolute atomic E-state index is 0.429. The van der Waals surface area contributed by atoms with E-state index >= 15 is 0 Å². The van der Waals surface area contributed by atoms with Gasteiger partial charge >= 0.3 is 0 Å². The first-order valence-electron chi connectivity index (χ1n) is 12.6. The molecule has 0 saturated heterocycles. The zero-order valence-corrected chi connectivity index (χ0v) is 20.8. The highest BCUT2D eigenvalue weighted by Gasteiger charge is 2.51. The summed E-state index contributed by atoms with van der Waals surface area (Å²) in [6, 6.07) is 21.5. The third-order valence-corrected chi connectivity index (χ3v) is 9.16. The molecule has 4 aliphatic rings. The van der Waals surface area contributed by atoms with Crippen molar-refractivity contribution in [1.29, 1.82) is 5.26 Å². The lowest BCUT2D eigenvalue weighted by Gasteiger charge is -2.57. The van der Waals surface area contributed by atoms with E-state index in [4.69, 9.17) is 11.6 Å². The van der Waals surface area contributed by atoms with Crippen LogP contribution in [0.1, 0.15) is 66.6 Å². The number of aromatic nitrogens is 1. The SMILES string of the molecule is Cc1cc(C=C(C#N)c2ccccc2Cl)c(C)n1-c1ccc(C23CC4CC(CC(C4)C2)C3)cc1. The maximum absolute atomic E-state index is 9.81. The summed E-state index contributed by atoms with van der Waals surface area (Å²) >= 11 is 6.37. The molecule has 0 atom stereocenters. The Hall–Kier alpha value is -2.76. The first kappa shape index (κ1) is 21.8. The van der Waals surface area contributed by atoms with Crippen molar-refractivity contribution < 1.29 is 0 Å². The molecule has 4 bridgehead atoms. The van der Waals surface area contributed by atoms with Gasteiger partial charge in [0, 0.05) is 27.7 Å². The van der Waals surface area contributed by atoms with Gasteiger partial charge in [0.15, 0.2) is 0 Å². The predicted octanol–water partition coefficient (Wildman–Crippen LogP) is 8.28. The molecule has 0 aliphatic heterocycles. The summed E-state index contributed by atoms with van der Waals surface area (Å²) in [6.07, 6.45) is 10.6. The monoisotopic (exact) mass is 466 g/mol. The van der Waals surface area contributed by atoms with Crippen LogP contribution in [0.2, 0.25) is 5.02 Å². The molecule has 0 amide bonds. The Morgan fingerprint density at radius 1 is 0.971 bits per heavy atom. The minimum Gasteiger partial charge on any atom is -0.318 e. The quantitative estimate of drug-likeness (QED) is 0.355. The normalized spacial score (nSPS) is 27.7. The van der Waals surface area contributed by atoms with Gasteiger partial charge in [0.25, 0.3) is 0 Å². The first-order chi connectivity index (χ1) is 16.5. The Labute approximate surface area is 207 Å². The predicted molar refractivity (Wildman–Crippen MR) is 140 cm³/mol. The summed E-state index contributed by atoms with van der Waals surface area (Å²) < 4.78 is 2.30. The van der Waals surface area contributed by atoms with E-state index in [-0.39, 0.29) is 0 Å². The molecule has 3 aromatic rings. The Morgan fingerprint density at radius 3 is 2.18 bits per heavy atom. The summed E-state index contributed by atoms with van der Waals surface area (Å²) in [7, 11) is 0. The fraction of sp³-hybridized carbons (Fsp3) is 0.387. The average molecular weight is 467 g/mol. The summed E-state index contributed by atoms with van der Waals surface area (Å²) in [5.74, 6) is 2.88. The molecule has 0 N–H and O–H groups in total. The van der Waals surface area contributed by atoms with Gasteiger partial charge in [0.1, 0.15) is 0 Å². The molecule has 0 radical (unpaired) electrons. The number of nitrogens with zero attached hydrogens (tertiary/aromatic N) is 2. The number of benzene rings is 2. The van der Waals surface area contributed by atoms with E-state index in [9.17, 15) is 5.26 Å². The first-order valence-corrected chi connectivity index (χ1v) is 13.0. The number of aryl methyl sites for hydroxylation is 1. The second kappa shape index (κ2) is 8.17. The Morgan fingerprint density at radius 2 is 1.59 bits per heavy atom.